The van der Waals surface area contributed by atoms with Gasteiger partial charge >= 0.3 is 0 Å². The number of rotatable bonds is 5. The molecule has 0 radical (unpaired) electrons. The summed E-state index contributed by atoms with van der Waals surface area (Å²) in [6.45, 7) is 0.743. The Kier molecular flexibility index (Phi) is 4.83. The van der Waals surface area contributed by atoms with E-state index in [1.54, 1.807) is 22.9 Å². The molecule has 2 heterocycles. The van der Waals surface area contributed by atoms with E-state index in [4.69, 9.17) is 27.9 Å². The zero-order chi connectivity index (χ0) is 18.8. The Morgan fingerprint density at radius 2 is 1.85 bits per heavy atom. The summed E-state index contributed by atoms with van der Waals surface area (Å²) in [5, 5.41) is 5.55. The highest BCUT2D eigenvalue weighted by atomic mass is 35.5. The second kappa shape index (κ2) is 7.42. The maximum Gasteiger partial charge on any atom is 0.264 e. The zero-order valence-electron chi connectivity index (χ0n) is 14.0. The number of benzene rings is 2. The van der Waals surface area contributed by atoms with E-state index in [1.807, 2.05) is 30.3 Å². The third kappa shape index (κ3) is 3.54. The van der Waals surface area contributed by atoms with Gasteiger partial charge in [0, 0.05) is 0 Å². The lowest BCUT2D eigenvalue weighted by Gasteiger charge is -2.08. The molecule has 0 saturated heterocycles. The van der Waals surface area contributed by atoms with Crippen LogP contribution < -0.4 is 10.3 Å². The highest BCUT2D eigenvalue weighted by Gasteiger charge is 2.12. The third-order valence-electron chi connectivity index (χ3n) is 4.05. The number of nitrogens with zero attached hydrogens (tertiary/aromatic N) is 4. The Morgan fingerprint density at radius 1 is 1.04 bits per heavy atom. The molecule has 2 aromatic heterocycles. The van der Waals surface area contributed by atoms with Crippen LogP contribution in [0.3, 0.4) is 0 Å². The van der Waals surface area contributed by atoms with Crippen LogP contribution in [0.4, 0.5) is 0 Å². The van der Waals surface area contributed by atoms with Crippen molar-refractivity contribution < 1.29 is 4.74 Å². The first-order chi connectivity index (χ1) is 13.1. The molecule has 8 heteroatoms. The van der Waals surface area contributed by atoms with E-state index in [0.29, 0.717) is 39.9 Å². The normalized spacial score (nSPS) is 11.0. The van der Waals surface area contributed by atoms with Gasteiger partial charge in [0.1, 0.15) is 24.1 Å². The average molecular weight is 401 g/mol. The smallest absolute Gasteiger partial charge is 0.264 e. The molecule has 0 unspecified atom stereocenters. The Bertz CT molecular complexity index is 1160. The molecule has 0 aliphatic rings. The second-order valence-corrected chi connectivity index (χ2v) is 6.61. The van der Waals surface area contributed by atoms with Gasteiger partial charge in [-0.1, -0.05) is 41.4 Å². The molecular formula is C19H14Cl2N4O2. The van der Waals surface area contributed by atoms with Crippen LogP contribution >= 0.6 is 23.2 Å². The molecule has 0 spiro atoms. The SMILES string of the molecule is O=c1c2cnn(-c3ccc(Cl)c(Cl)c3)c2ncn1CCOc1ccccc1. The Labute approximate surface area is 164 Å². The third-order valence-corrected chi connectivity index (χ3v) is 4.79. The van der Waals surface area contributed by atoms with Gasteiger partial charge in [-0.15, -0.1) is 0 Å². The van der Waals surface area contributed by atoms with Crippen molar-refractivity contribution in [3.05, 3.63) is 81.5 Å². The fourth-order valence-electron chi connectivity index (χ4n) is 2.69. The van der Waals surface area contributed by atoms with Crippen molar-refractivity contribution in [1.29, 1.82) is 0 Å². The second-order valence-electron chi connectivity index (χ2n) is 5.80. The van der Waals surface area contributed by atoms with Crippen LogP contribution in [0.1, 0.15) is 0 Å². The Balaban J connectivity index is 1.59. The molecule has 0 N–H and O–H groups in total. The molecular weight excluding hydrogens is 387 g/mol. The van der Waals surface area contributed by atoms with Gasteiger partial charge in [-0.25, -0.2) is 9.67 Å². The average Bonchev–Trinajstić information content (AvgIpc) is 3.11. The lowest BCUT2D eigenvalue weighted by Crippen LogP contribution is -2.23. The largest absolute Gasteiger partial charge is 0.492 e. The molecule has 0 bridgehead atoms. The molecule has 0 saturated carbocycles. The van der Waals surface area contributed by atoms with E-state index in [9.17, 15) is 4.79 Å². The van der Waals surface area contributed by atoms with Crippen molar-refractivity contribution in [2.45, 2.75) is 6.54 Å². The minimum atomic E-state index is -0.178. The van der Waals surface area contributed by atoms with E-state index in [2.05, 4.69) is 10.1 Å². The van der Waals surface area contributed by atoms with Crippen LogP contribution in [0.25, 0.3) is 16.7 Å². The van der Waals surface area contributed by atoms with Gasteiger partial charge < -0.3 is 4.74 Å². The molecule has 2 aromatic carbocycles. The first-order valence-electron chi connectivity index (χ1n) is 8.20. The van der Waals surface area contributed by atoms with Crippen molar-refractivity contribution in [2.24, 2.45) is 0 Å². The first kappa shape index (κ1) is 17.6. The van der Waals surface area contributed by atoms with E-state index in [-0.39, 0.29) is 5.56 Å². The van der Waals surface area contributed by atoms with Crippen molar-refractivity contribution in [1.82, 2.24) is 19.3 Å². The van der Waals surface area contributed by atoms with Crippen molar-refractivity contribution in [2.75, 3.05) is 6.61 Å². The monoisotopic (exact) mass is 400 g/mol. The lowest BCUT2D eigenvalue weighted by atomic mass is 10.3. The predicted molar refractivity (Wildman–Crippen MR) is 105 cm³/mol. The highest BCUT2D eigenvalue weighted by molar-refractivity contribution is 6.42. The van der Waals surface area contributed by atoms with E-state index in [1.165, 1.54) is 17.1 Å². The molecule has 0 atom stereocenters. The molecule has 6 nitrogen and oxygen atoms in total. The van der Waals surface area contributed by atoms with Crippen LogP contribution in [0, 0.1) is 0 Å². The number of aromatic nitrogens is 4. The zero-order valence-corrected chi connectivity index (χ0v) is 15.6. The van der Waals surface area contributed by atoms with Crippen LogP contribution in [-0.4, -0.2) is 25.9 Å². The summed E-state index contributed by atoms with van der Waals surface area (Å²) >= 11 is 12.0. The molecule has 4 aromatic rings. The maximum absolute atomic E-state index is 12.7. The standard InChI is InChI=1S/C19H14Cl2N4O2/c20-16-7-6-13(10-17(16)21)25-18-15(11-23-25)19(26)24(12-22-18)8-9-27-14-4-2-1-3-5-14/h1-7,10-12H,8-9H2. The summed E-state index contributed by atoms with van der Waals surface area (Å²) in [5.41, 5.74) is 0.957. The van der Waals surface area contributed by atoms with Crippen LogP contribution in [0.5, 0.6) is 5.75 Å². The fourth-order valence-corrected chi connectivity index (χ4v) is 2.98. The number of para-hydroxylation sites is 1. The van der Waals surface area contributed by atoms with Crippen molar-refractivity contribution >= 4 is 34.2 Å². The molecule has 0 aliphatic heterocycles. The number of fused-ring (bicyclic) bond motifs is 1. The first-order valence-corrected chi connectivity index (χ1v) is 8.95. The van der Waals surface area contributed by atoms with E-state index in [0.717, 1.165) is 5.75 Å². The van der Waals surface area contributed by atoms with Gasteiger partial charge in [0.2, 0.25) is 0 Å². The van der Waals surface area contributed by atoms with Gasteiger partial charge in [0.05, 0.1) is 28.5 Å². The van der Waals surface area contributed by atoms with Gasteiger partial charge in [0.15, 0.2) is 5.65 Å². The van der Waals surface area contributed by atoms with Gasteiger partial charge in [0.25, 0.3) is 5.56 Å². The molecule has 0 amide bonds. The minimum absolute atomic E-state index is 0.178. The summed E-state index contributed by atoms with van der Waals surface area (Å²) in [6.07, 6.45) is 3.00. The highest BCUT2D eigenvalue weighted by Crippen LogP contribution is 2.25. The maximum atomic E-state index is 12.7. The molecule has 0 aliphatic carbocycles. The number of hydrogen-bond acceptors (Lipinski definition) is 4. The fraction of sp³-hybridized carbons (Fsp3) is 0.105. The molecule has 27 heavy (non-hydrogen) atoms. The van der Waals surface area contributed by atoms with Crippen molar-refractivity contribution in [3.8, 4) is 11.4 Å². The van der Waals surface area contributed by atoms with Gasteiger partial charge in [-0.3, -0.25) is 9.36 Å². The van der Waals surface area contributed by atoms with Gasteiger partial charge in [-0.2, -0.15) is 5.10 Å². The van der Waals surface area contributed by atoms with E-state index >= 15 is 0 Å². The van der Waals surface area contributed by atoms with Crippen molar-refractivity contribution in [3.63, 3.8) is 0 Å². The lowest BCUT2D eigenvalue weighted by molar-refractivity contribution is 0.296. The summed E-state index contributed by atoms with van der Waals surface area (Å²) in [5.74, 6) is 0.757. The summed E-state index contributed by atoms with van der Waals surface area (Å²) in [6, 6.07) is 14.6. The van der Waals surface area contributed by atoms with Crippen LogP contribution in [-0.2, 0) is 6.54 Å². The molecule has 0 fully saturated rings. The quantitative estimate of drug-likeness (QED) is 0.508. The minimum Gasteiger partial charge on any atom is -0.492 e. The molecule has 4 rings (SSSR count). The van der Waals surface area contributed by atoms with Crippen LogP contribution in [0.15, 0.2) is 65.8 Å². The Hall–Kier alpha value is -2.83. The number of ether oxygens (including phenoxy) is 1. The number of hydrogen-bond donors (Lipinski definition) is 0. The van der Waals surface area contributed by atoms with E-state index < -0.39 is 0 Å². The predicted octanol–water partition coefficient (Wildman–Crippen LogP) is 3.97. The Morgan fingerprint density at radius 3 is 2.63 bits per heavy atom. The summed E-state index contributed by atoms with van der Waals surface area (Å²) in [4.78, 5) is 17.1. The van der Waals surface area contributed by atoms with Gasteiger partial charge in [-0.05, 0) is 30.3 Å². The van der Waals surface area contributed by atoms with Crippen LogP contribution in [0.2, 0.25) is 10.0 Å². The summed E-state index contributed by atoms with van der Waals surface area (Å²) < 4.78 is 8.71. The molecule has 136 valence electrons. The summed E-state index contributed by atoms with van der Waals surface area (Å²) in [7, 11) is 0. The topological polar surface area (TPSA) is 61.9 Å². The number of halogens is 2.